The summed E-state index contributed by atoms with van der Waals surface area (Å²) in [7, 11) is 0. The van der Waals surface area contributed by atoms with Gasteiger partial charge in [-0.2, -0.15) is 13.2 Å². The van der Waals surface area contributed by atoms with Gasteiger partial charge in [0.05, 0.1) is 15.5 Å². The standard InChI is InChI=1S/C15H12ClF3N2O2S/c16-11-4-3-9(8-10(11)15(17,18)19)21-13(22)5-6-20-14(23)12-2-1-7-24-12/h1-4,7-8H,5-6H2,(H,20,23)(H,21,22). The number of alkyl halides is 3. The van der Waals surface area contributed by atoms with Crippen molar-refractivity contribution in [1.29, 1.82) is 0 Å². The van der Waals surface area contributed by atoms with Gasteiger partial charge in [-0.1, -0.05) is 17.7 Å². The van der Waals surface area contributed by atoms with Crippen molar-refractivity contribution >= 4 is 40.4 Å². The third-order valence-electron chi connectivity index (χ3n) is 2.94. The van der Waals surface area contributed by atoms with Crippen LogP contribution in [0.2, 0.25) is 5.02 Å². The lowest BCUT2D eigenvalue weighted by molar-refractivity contribution is -0.137. The van der Waals surface area contributed by atoms with Crippen molar-refractivity contribution in [3.63, 3.8) is 0 Å². The Morgan fingerprint density at radius 2 is 1.96 bits per heavy atom. The highest BCUT2D eigenvalue weighted by molar-refractivity contribution is 7.12. The predicted octanol–water partition coefficient (Wildman–Crippen LogP) is 4.18. The number of hydrogen-bond donors (Lipinski definition) is 2. The van der Waals surface area contributed by atoms with Gasteiger partial charge in [0.1, 0.15) is 0 Å². The molecular weight excluding hydrogens is 365 g/mol. The molecule has 0 aliphatic rings. The van der Waals surface area contributed by atoms with Crippen LogP contribution in [0.3, 0.4) is 0 Å². The third-order valence-corrected chi connectivity index (χ3v) is 4.14. The van der Waals surface area contributed by atoms with Crippen LogP contribution in [0.15, 0.2) is 35.7 Å². The van der Waals surface area contributed by atoms with E-state index in [9.17, 15) is 22.8 Å². The maximum atomic E-state index is 12.7. The minimum absolute atomic E-state index is 0.0127. The minimum Gasteiger partial charge on any atom is -0.351 e. The van der Waals surface area contributed by atoms with Crippen LogP contribution in [0.1, 0.15) is 21.7 Å². The lowest BCUT2D eigenvalue weighted by atomic mass is 10.2. The number of carbonyl (C=O) groups is 2. The van der Waals surface area contributed by atoms with Crippen molar-refractivity contribution in [3.8, 4) is 0 Å². The van der Waals surface area contributed by atoms with Crippen LogP contribution >= 0.6 is 22.9 Å². The van der Waals surface area contributed by atoms with Gasteiger partial charge >= 0.3 is 6.18 Å². The normalized spacial score (nSPS) is 11.2. The Bertz CT molecular complexity index is 733. The van der Waals surface area contributed by atoms with E-state index in [-0.39, 0.29) is 24.6 Å². The van der Waals surface area contributed by atoms with E-state index in [1.165, 1.54) is 17.4 Å². The Kier molecular flexibility index (Phi) is 5.84. The van der Waals surface area contributed by atoms with E-state index in [4.69, 9.17) is 11.6 Å². The molecule has 2 rings (SSSR count). The summed E-state index contributed by atoms with van der Waals surface area (Å²) in [6, 6.07) is 6.49. The molecule has 0 fully saturated rings. The molecule has 0 atom stereocenters. The number of halogens is 4. The van der Waals surface area contributed by atoms with Crippen molar-refractivity contribution in [2.75, 3.05) is 11.9 Å². The van der Waals surface area contributed by atoms with Gasteiger partial charge in [0.2, 0.25) is 5.91 Å². The van der Waals surface area contributed by atoms with Gasteiger partial charge in [-0.3, -0.25) is 9.59 Å². The van der Waals surface area contributed by atoms with Gasteiger partial charge in [0.25, 0.3) is 5.91 Å². The van der Waals surface area contributed by atoms with E-state index >= 15 is 0 Å². The van der Waals surface area contributed by atoms with E-state index in [1.807, 2.05) is 0 Å². The molecule has 24 heavy (non-hydrogen) atoms. The molecule has 1 aromatic heterocycles. The highest BCUT2D eigenvalue weighted by atomic mass is 35.5. The maximum Gasteiger partial charge on any atom is 0.417 e. The van der Waals surface area contributed by atoms with Crippen LogP contribution < -0.4 is 10.6 Å². The monoisotopic (exact) mass is 376 g/mol. The molecular formula is C15H12ClF3N2O2S. The Labute approximate surface area is 144 Å². The first-order chi connectivity index (χ1) is 11.3. The number of nitrogens with one attached hydrogen (secondary N) is 2. The maximum absolute atomic E-state index is 12.7. The second-order valence-electron chi connectivity index (χ2n) is 4.72. The number of amides is 2. The van der Waals surface area contributed by atoms with Crippen molar-refractivity contribution in [2.45, 2.75) is 12.6 Å². The highest BCUT2D eigenvalue weighted by Gasteiger charge is 2.33. The van der Waals surface area contributed by atoms with Gasteiger partial charge in [0, 0.05) is 18.7 Å². The number of carbonyl (C=O) groups excluding carboxylic acids is 2. The molecule has 2 amide bonds. The third kappa shape index (κ3) is 4.97. The smallest absolute Gasteiger partial charge is 0.351 e. The lowest BCUT2D eigenvalue weighted by Crippen LogP contribution is -2.27. The number of rotatable bonds is 5. The van der Waals surface area contributed by atoms with Crippen LogP contribution in [0.4, 0.5) is 18.9 Å². The van der Waals surface area contributed by atoms with Gasteiger partial charge in [-0.25, -0.2) is 0 Å². The first-order valence-corrected chi connectivity index (χ1v) is 8.01. The first-order valence-electron chi connectivity index (χ1n) is 6.75. The molecule has 0 unspecified atom stereocenters. The fourth-order valence-electron chi connectivity index (χ4n) is 1.83. The summed E-state index contributed by atoms with van der Waals surface area (Å²) in [4.78, 5) is 23.9. The predicted molar refractivity (Wildman–Crippen MR) is 86.4 cm³/mol. The molecule has 2 aromatic rings. The number of benzene rings is 1. The summed E-state index contributed by atoms with van der Waals surface area (Å²) in [6.07, 6.45) is -4.67. The van der Waals surface area contributed by atoms with Crippen molar-refractivity contribution in [2.24, 2.45) is 0 Å². The van der Waals surface area contributed by atoms with Crippen molar-refractivity contribution < 1.29 is 22.8 Å². The van der Waals surface area contributed by atoms with Gasteiger partial charge in [0.15, 0.2) is 0 Å². The second-order valence-corrected chi connectivity index (χ2v) is 6.08. The molecule has 0 aliphatic carbocycles. The summed E-state index contributed by atoms with van der Waals surface area (Å²) in [5, 5.41) is 6.21. The summed E-state index contributed by atoms with van der Waals surface area (Å²) in [5.41, 5.74) is -1.03. The van der Waals surface area contributed by atoms with Crippen molar-refractivity contribution in [1.82, 2.24) is 5.32 Å². The molecule has 0 radical (unpaired) electrons. The van der Waals surface area contributed by atoms with Gasteiger partial charge < -0.3 is 10.6 Å². The molecule has 2 N–H and O–H groups in total. The highest BCUT2D eigenvalue weighted by Crippen LogP contribution is 2.36. The Hall–Kier alpha value is -2.06. The van der Waals surface area contributed by atoms with Crippen LogP contribution in [0, 0.1) is 0 Å². The zero-order valence-electron chi connectivity index (χ0n) is 12.1. The number of hydrogen-bond acceptors (Lipinski definition) is 3. The Morgan fingerprint density at radius 1 is 1.21 bits per heavy atom. The van der Waals surface area contributed by atoms with E-state index in [1.54, 1.807) is 17.5 Å². The van der Waals surface area contributed by atoms with Crippen molar-refractivity contribution in [3.05, 3.63) is 51.2 Å². The van der Waals surface area contributed by atoms with Crippen LogP contribution in [-0.4, -0.2) is 18.4 Å². The molecule has 0 saturated heterocycles. The molecule has 0 spiro atoms. The second kappa shape index (κ2) is 7.67. The molecule has 0 aliphatic heterocycles. The SMILES string of the molecule is O=C(CCNC(=O)c1cccs1)Nc1ccc(Cl)c(C(F)(F)F)c1. The lowest BCUT2D eigenvalue weighted by Gasteiger charge is -2.12. The Balaban J connectivity index is 1.87. The summed E-state index contributed by atoms with van der Waals surface area (Å²) >= 11 is 6.77. The largest absolute Gasteiger partial charge is 0.417 e. The average molecular weight is 377 g/mol. The quantitative estimate of drug-likeness (QED) is 0.822. The molecule has 1 heterocycles. The van der Waals surface area contributed by atoms with Gasteiger partial charge in [-0.05, 0) is 29.6 Å². The van der Waals surface area contributed by atoms with E-state index in [0.717, 1.165) is 12.1 Å². The molecule has 0 bridgehead atoms. The molecule has 4 nitrogen and oxygen atoms in total. The van der Waals surface area contributed by atoms with Crippen LogP contribution in [0.5, 0.6) is 0 Å². The van der Waals surface area contributed by atoms with E-state index in [2.05, 4.69) is 10.6 Å². The van der Waals surface area contributed by atoms with E-state index in [0.29, 0.717) is 4.88 Å². The van der Waals surface area contributed by atoms with Gasteiger partial charge in [-0.15, -0.1) is 11.3 Å². The summed E-state index contributed by atoms with van der Waals surface area (Å²) < 4.78 is 38.2. The van der Waals surface area contributed by atoms with E-state index < -0.39 is 22.7 Å². The topological polar surface area (TPSA) is 58.2 Å². The zero-order chi connectivity index (χ0) is 17.7. The summed E-state index contributed by atoms with van der Waals surface area (Å²) in [5.74, 6) is -0.819. The molecule has 1 aromatic carbocycles. The summed E-state index contributed by atoms with van der Waals surface area (Å²) in [6.45, 7) is 0.0717. The molecule has 128 valence electrons. The number of thiophene rings is 1. The average Bonchev–Trinajstić information content (AvgIpc) is 3.02. The Morgan fingerprint density at radius 3 is 2.58 bits per heavy atom. The first kappa shape index (κ1) is 18.3. The minimum atomic E-state index is -4.60. The molecule has 0 saturated carbocycles. The number of anilines is 1. The van der Waals surface area contributed by atoms with Crippen LogP contribution in [0.25, 0.3) is 0 Å². The fraction of sp³-hybridized carbons (Fsp3) is 0.200. The van der Waals surface area contributed by atoms with Crippen LogP contribution in [-0.2, 0) is 11.0 Å². The zero-order valence-corrected chi connectivity index (χ0v) is 13.7. The molecule has 9 heteroatoms. The fourth-order valence-corrected chi connectivity index (χ4v) is 2.69.